The van der Waals surface area contributed by atoms with Gasteiger partial charge in [-0.05, 0) is 39.8 Å². The Kier molecular flexibility index (Phi) is 3.22. The highest BCUT2D eigenvalue weighted by Crippen LogP contribution is 2.32. The molecule has 0 saturated carbocycles. The quantitative estimate of drug-likeness (QED) is 0.772. The molecule has 2 N–H and O–H groups in total. The first-order chi connectivity index (χ1) is 7.46. The largest absolute Gasteiger partial charge is 0.371 e. The van der Waals surface area contributed by atoms with Crippen molar-refractivity contribution in [3.8, 4) is 0 Å². The molecule has 0 aromatic heterocycles. The van der Waals surface area contributed by atoms with Crippen LogP contribution in [0.3, 0.4) is 0 Å². The lowest BCUT2D eigenvalue weighted by molar-refractivity contribution is -0.191. The fourth-order valence-corrected chi connectivity index (χ4v) is 2.78. The van der Waals surface area contributed by atoms with Gasteiger partial charge in [-0.15, -0.1) is 0 Å². The second kappa shape index (κ2) is 4.34. The molecule has 1 amide bonds. The summed E-state index contributed by atoms with van der Waals surface area (Å²) in [6.45, 7) is 7.22. The van der Waals surface area contributed by atoms with Crippen LogP contribution in [-0.2, 0) is 9.53 Å². The molecule has 2 aliphatic heterocycles. The number of amides is 1. The topological polar surface area (TPSA) is 55.6 Å². The van der Waals surface area contributed by atoms with Crippen molar-refractivity contribution >= 4 is 5.91 Å². The maximum Gasteiger partial charge on any atom is 0.220 e. The molecular weight excluding hydrogens is 204 g/mol. The number of carbonyl (C=O) groups is 1. The van der Waals surface area contributed by atoms with Gasteiger partial charge < -0.3 is 15.4 Å². The van der Waals surface area contributed by atoms with Crippen molar-refractivity contribution in [1.82, 2.24) is 4.90 Å². The van der Waals surface area contributed by atoms with Gasteiger partial charge in [0.15, 0.2) is 0 Å². The molecule has 4 heteroatoms. The van der Waals surface area contributed by atoms with E-state index in [0.717, 1.165) is 38.9 Å². The Morgan fingerprint density at radius 2 is 2.00 bits per heavy atom. The van der Waals surface area contributed by atoms with Crippen molar-refractivity contribution in [3.63, 3.8) is 0 Å². The van der Waals surface area contributed by atoms with Crippen molar-refractivity contribution in [2.75, 3.05) is 19.6 Å². The summed E-state index contributed by atoms with van der Waals surface area (Å²) < 4.78 is 5.77. The van der Waals surface area contributed by atoms with Gasteiger partial charge in [-0.3, -0.25) is 4.79 Å². The average Bonchev–Trinajstić information content (AvgIpc) is 2.15. The lowest BCUT2D eigenvalue weighted by atomic mass is 9.91. The van der Waals surface area contributed by atoms with Gasteiger partial charge >= 0.3 is 0 Å². The number of hydrogen-bond acceptors (Lipinski definition) is 3. The summed E-state index contributed by atoms with van der Waals surface area (Å²) >= 11 is 0. The lowest BCUT2D eigenvalue weighted by Crippen LogP contribution is -2.52. The van der Waals surface area contributed by atoms with Crippen LogP contribution in [-0.4, -0.2) is 42.1 Å². The SMILES string of the molecule is CC1(C)CC(CN2CCC(C(N)=O)CC2)O1. The Morgan fingerprint density at radius 3 is 2.44 bits per heavy atom. The minimum Gasteiger partial charge on any atom is -0.371 e. The number of nitrogens with zero attached hydrogens (tertiary/aromatic N) is 1. The number of hydrogen-bond donors (Lipinski definition) is 1. The summed E-state index contributed by atoms with van der Waals surface area (Å²) in [6.07, 6.45) is 3.35. The standard InChI is InChI=1S/C12H22N2O2/c1-12(2)7-10(16-12)8-14-5-3-9(4-6-14)11(13)15/h9-10H,3-8H2,1-2H3,(H2,13,15). The molecule has 92 valence electrons. The molecule has 0 aromatic carbocycles. The predicted octanol–water partition coefficient (Wildman–Crippen LogP) is 0.751. The van der Waals surface area contributed by atoms with Crippen molar-refractivity contribution < 1.29 is 9.53 Å². The van der Waals surface area contributed by atoms with E-state index in [4.69, 9.17) is 10.5 Å². The van der Waals surface area contributed by atoms with Crippen LogP contribution in [0.5, 0.6) is 0 Å². The molecule has 0 aromatic rings. The van der Waals surface area contributed by atoms with E-state index in [0.29, 0.717) is 6.10 Å². The highest BCUT2D eigenvalue weighted by Gasteiger charge is 2.38. The zero-order valence-electron chi connectivity index (χ0n) is 10.2. The maximum atomic E-state index is 11.0. The number of likely N-dealkylation sites (tertiary alicyclic amines) is 1. The van der Waals surface area contributed by atoms with Crippen LogP contribution < -0.4 is 5.73 Å². The number of piperidine rings is 1. The van der Waals surface area contributed by atoms with E-state index >= 15 is 0 Å². The Balaban J connectivity index is 1.68. The maximum absolute atomic E-state index is 11.0. The Hall–Kier alpha value is -0.610. The second-order valence-electron chi connectivity index (χ2n) is 5.68. The minimum absolute atomic E-state index is 0.0796. The van der Waals surface area contributed by atoms with Crippen LogP contribution in [0, 0.1) is 5.92 Å². The van der Waals surface area contributed by atoms with Crippen molar-refractivity contribution in [1.29, 1.82) is 0 Å². The summed E-state index contributed by atoms with van der Waals surface area (Å²) in [5.41, 5.74) is 5.38. The summed E-state index contributed by atoms with van der Waals surface area (Å²) in [7, 11) is 0. The van der Waals surface area contributed by atoms with E-state index in [9.17, 15) is 4.79 Å². The zero-order valence-corrected chi connectivity index (χ0v) is 10.2. The molecule has 2 fully saturated rings. The molecular formula is C12H22N2O2. The van der Waals surface area contributed by atoms with E-state index in [1.165, 1.54) is 0 Å². The van der Waals surface area contributed by atoms with E-state index in [-0.39, 0.29) is 17.4 Å². The summed E-state index contributed by atoms with van der Waals surface area (Å²) in [4.78, 5) is 13.4. The molecule has 1 unspecified atom stereocenters. The molecule has 1 atom stereocenters. The highest BCUT2D eigenvalue weighted by molar-refractivity contribution is 5.76. The van der Waals surface area contributed by atoms with Crippen LogP contribution in [0.15, 0.2) is 0 Å². The number of ether oxygens (including phenoxy) is 1. The summed E-state index contributed by atoms with van der Waals surface area (Å²) in [5.74, 6) is -0.0457. The van der Waals surface area contributed by atoms with Crippen LogP contribution in [0.25, 0.3) is 0 Å². The molecule has 16 heavy (non-hydrogen) atoms. The molecule has 4 nitrogen and oxygen atoms in total. The van der Waals surface area contributed by atoms with Crippen LogP contribution in [0.4, 0.5) is 0 Å². The zero-order chi connectivity index (χ0) is 11.8. The van der Waals surface area contributed by atoms with Gasteiger partial charge in [0.05, 0.1) is 11.7 Å². The fourth-order valence-electron chi connectivity index (χ4n) is 2.78. The normalized spacial score (nSPS) is 31.0. The van der Waals surface area contributed by atoms with E-state index < -0.39 is 0 Å². The smallest absolute Gasteiger partial charge is 0.220 e. The molecule has 2 aliphatic rings. The van der Waals surface area contributed by atoms with Gasteiger partial charge in [0.1, 0.15) is 0 Å². The van der Waals surface area contributed by atoms with Gasteiger partial charge in [0, 0.05) is 18.9 Å². The molecule has 0 spiro atoms. The number of nitrogens with two attached hydrogens (primary N) is 1. The molecule has 0 radical (unpaired) electrons. The summed E-state index contributed by atoms with van der Waals surface area (Å²) in [6, 6.07) is 0. The molecule has 0 bridgehead atoms. The van der Waals surface area contributed by atoms with Gasteiger partial charge in [-0.25, -0.2) is 0 Å². The van der Waals surface area contributed by atoms with E-state index in [2.05, 4.69) is 18.7 Å². The molecule has 2 heterocycles. The summed E-state index contributed by atoms with van der Waals surface area (Å²) in [5, 5.41) is 0. The number of carbonyl (C=O) groups excluding carboxylic acids is 1. The Bertz CT molecular complexity index is 262. The van der Waals surface area contributed by atoms with Crippen molar-refractivity contribution in [2.45, 2.75) is 44.8 Å². The molecule has 0 aliphatic carbocycles. The van der Waals surface area contributed by atoms with Crippen LogP contribution in [0.2, 0.25) is 0 Å². The third kappa shape index (κ3) is 2.74. The highest BCUT2D eigenvalue weighted by atomic mass is 16.5. The van der Waals surface area contributed by atoms with Crippen LogP contribution >= 0.6 is 0 Å². The van der Waals surface area contributed by atoms with Gasteiger partial charge in [-0.1, -0.05) is 0 Å². The average molecular weight is 226 g/mol. The fraction of sp³-hybridized carbons (Fsp3) is 0.917. The predicted molar refractivity (Wildman–Crippen MR) is 61.9 cm³/mol. The third-order valence-electron chi connectivity index (χ3n) is 3.66. The Labute approximate surface area is 97.1 Å². The van der Waals surface area contributed by atoms with Gasteiger partial charge in [-0.2, -0.15) is 0 Å². The van der Waals surface area contributed by atoms with Crippen molar-refractivity contribution in [2.24, 2.45) is 11.7 Å². The van der Waals surface area contributed by atoms with Crippen LogP contribution in [0.1, 0.15) is 33.1 Å². The first-order valence-corrected chi connectivity index (χ1v) is 6.16. The molecule has 2 rings (SSSR count). The van der Waals surface area contributed by atoms with Gasteiger partial charge in [0.2, 0.25) is 5.91 Å². The van der Waals surface area contributed by atoms with E-state index in [1.54, 1.807) is 0 Å². The van der Waals surface area contributed by atoms with E-state index in [1.807, 2.05) is 0 Å². The Morgan fingerprint density at radius 1 is 1.44 bits per heavy atom. The van der Waals surface area contributed by atoms with Crippen molar-refractivity contribution in [3.05, 3.63) is 0 Å². The monoisotopic (exact) mass is 226 g/mol. The first-order valence-electron chi connectivity index (χ1n) is 6.16. The number of rotatable bonds is 3. The lowest BCUT2D eigenvalue weighted by Gasteiger charge is -2.45. The van der Waals surface area contributed by atoms with Gasteiger partial charge in [0.25, 0.3) is 0 Å². The third-order valence-corrected chi connectivity index (χ3v) is 3.66. The first kappa shape index (κ1) is 11.9. The number of primary amides is 1. The minimum atomic E-state index is -0.138. The molecule has 2 saturated heterocycles. The second-order valence-corrected chi connectivity index (χ2v) is 5.68.